The molecule has 244 valence electrons. The Labute approximate surface area is 258 Å². The van der Waals surface area contributed by atoms with Crippen LogP contribution in [0.3, 0.4) is 0 Å². The topological polar surface area (TPSA) is 132 Å². The first-order valence-corrected chi connectivity index (χ1v) is 15.5. The molecule has 0 heterocycles. The highest BCUT2D eigenvalue weighted by Gasteiger charge is 2.31. The van der Waals surface area contributed by atoms with Crippen LogP contribution in [0.2, 0.25) is 0 Å². The third-order valence-electron chi connectivity index (χ3n) is 6.42. The fourth-order valence-corrected chi connectivity index (χ4v) is 4.34. The minimum Gasteiger partial charge on any atom is -0.488 e. The molecule has 0 aliphatic rings. The van der Waals surface area contributed by atoms with Gasteiger partial charge >= 0.3 is 12.1 Å². The van der Waals surface area contributed by atoms with Gasteiger partial charge in [-0.1, -0.05) is 64.5 Å². The second kappa shape index (κ2) is 18.4. The number of esters is 1. The average Bonchev–Trinajstić information content (AvgIpc) is 2.90. The molecule has 0 aliphatic carbocycles. The minimum absolute atomic E-state index is 0.157. The molecule has 0 spiro atoms. The lowest BCUT2D eigenvalue weighted by atomic mass is 10.0. The number of ether oxygens (including phenoxy) is 3. The van der Waals surface area contributed by atoms with Gasteiger partial charge in [0.2, 0.25) is 11.8 Å². The van der Waals surface area contributed by atoms with Crippen LogP contribution in [0, 0.1) is 0 Å². The van der Waals surface area contributed by atoms with Crippen LogP contribution in [-0.4, -0.2) is 60.3 Å². The van der Waals surface area contributed by atoms with E-state index in [-0.39, 0.29) is 12.0 Å². The van der Waals surface area contributed by atoms with Gasteiger partial charge in [-0.15, -0.1) is 0 Å². The summed E-state index contributed by atoms with van der Waals surface area (Å²) in [6, 6.07) is 4.54. The van der Waals surface area contributed by atoms with Crippen molar-refractivity contribution < 1.29 is 33.4 Å². The third kappa shape index (κ3) is 16.2. The molecule has 1 unspecified atom stereocenters. The monoisotopic (exact) mass is 605 g/mol. The van der Waals surface area contributed by atoms with Crippen molar-refractivity contribution in [3.63, 3.8) is 0 Å². The van der Waals surface area contributed by atoms with Crippen molar-refractivity contribution in [3.8, 4) is 5.75 Å². The van der Waals surface area contributed by atoms with E-state index in [9.17, 15) is 19.2 Å². The first-order chi connectivity index (χ1) is 20.1. The summed E-state index contributed by atoms with van der Waals surface area (Å²) in [6.45, 7) is 15.2. The Kier molecular flexibility index (Phi) is 16.1. The van der Waals surface area contributed by atoms with Gasteiger partial charge in [0.05, 0.1) is 7.11 Å². The predicted octanol–water partition coefficient (Wildman–Crippen LogP) is 5.60. The first-order valence-electron chi connectivity index (χ1n) is 15.5. The van der Waals surface area contributed by atoms with Gasteiger partial charge in [0.25, 0.3) is 0 Å². The number of carbonyl (C=O) groups is 4. The maximum Gasteiger partial charge on any atom is 0.408 e. The highest BCUT2D eigenvalue weighted by Crippen LogP contribution is 2.19. The lowest BCUT2D eigenvalue weighted by molar-refractivity contribution is -0.145. The number of unbranched alkanes of at least 4 members (excludes halogenated alkanes) is 4. The summed E-state index contributed by atoms with van der Waals surface area (Å²) >= 11 is 0. The molecule has 43 heavy (non-hydrogen) atoms. The molecule has 3 N–H and O–H groups in total. The maximum absolute atomic E-state index is 13.6. The Morgan fingerprint density at radius 1 is 0.698 bits per heavy atom. The number of nitrogens with one attached hydrogen (secondary N) is 3. The van der Waals surface area contributed by atoms with E-state index in [1.165, 1.54) is 7.11 Å². The molecule has 0 radical (unpaired) electrons. The molecule has 0 saturated heterocycles. The van der Waals surface area contributed by atoms with Crippen molar-refractivity contribution in [2.45, 2.75) is 143 Å². The summed E-state index contributed by atoms with van der Waals surface area (Å²) in [6.07, 6.45) is 5.38. The van der Waals surface area contributed by atoms with Crippen LogP contribution in [-0.2, 0) is 30.3 Å². The van der Waals surface area contributed by atoms with E-state index in [4.69, 9.17) is 14.2 Å². The summed E-state index contributed by atoms with van der Waals surface area (Å²) in [7, 11) is 1.28. The Morgan fingerprint density at radius 3 is 1.70 bits per heavy atom. The number of benzene rings is 1. The molecule has 1 rings (SSSR count). The molecular weight excluding hydrogens is 550 g/mol. The second-order valence-corrected chi connectivity index (χ2v) is 12.9. The zero-order chi connectivity index (χ0) is 32.6. The van der Waals surface area contributed by atoms with Crippen molar-refractivity contribution in [2.24, 2.45) is 0 Å². The van der Waals surface area contributed by atoms with E-state index in [2.05, 4.69) is 22.9 Å². The molecule has 0 saturated carbocycles. The zero-order valence-electron chi connectivity index (χ0n) is 27.8. The number of amides is 3. The Balaban J connectivity index is 3.25. The van der Waals surface area contributed by atoms with Gasteiger partial charge in [0, 0.05) is 6.42 Å². The zero-order valence-corrected chi connectivity index (χ0v) is 27.8. The van der Waals surface area contributed by atoms with Crippen molar-refractivity contribution in [3.05, 3.63) is 29.8 Å². The van der Waals surface area contributed by atoms with Gasteiger partial charge in [-0.3, -0.25) is 9.59 Å². The van der Waals surface area contributed by atoms with Crippen LogP contribution in [0.5, 0.6) is 5.75 Å². The van der Waals surface area contributed by atoms with Crippen molar-refractivity contribution >= 4 is 23.9 Å². The lowest BCUT2D eigenvalue weighted by Crippen LogP contribution is -2.56. The molecule has 10 nitrogen and oxygen atoms in total. The summed E-state index contributed by atoms with van der Waals surface area (Å²) in [4.78, 5) is 52.2. The highest BCUT2D eigenvalue weighted by atomic mass is 16.6. The standard InChI is InChI=1S/C33H55N3O7/c1-10-12-14-16-25(36-31(40)43-33(6,7)8)28(37)35-27(22-23-18-20-24(21-19-23)42-32(3,4)5)29(38)34-26(30(39)41-9)17-15-13-11-2/h18-21,25-27H,10-17,22H2,1-9H3,(H,34,38)(H,35,37)(H,36,40)/t25-,26-,27?/m0/s1. The molecule has 10 heteroatoms. The van der Waals surface area contributed by atoms with Gasteiger partial charge in [-0.25, -0.2) is 9.59 Å². The Hall–Kier alpha value is -3.30. The first kappa shape index (κ1) is 37.7. The highest BCUT2D eigenvalue weighted by molar-refractivity contribution is 5.93. The van der Waals surface area contributed by atoms with Crippen molar-refractivity contribution in [1.82, 2.24) is 16.0 Å². The smallest absolute Gasteiger partial charge is 0.408 e. The Morgan fingerprint density at radius 2 is 1.21 bits per heavy atom. The molecule has 0 aliphatic heterocycles. The number of hydrogen-bond donors (Lipinski definition) is 3. The molecule has 3 amide bonds. The quantitative estimate of drug-likeness (QED) is 0.155. The second-order valence-electron chi connectivity index (χ2n) is 12.9. The molecule has 0 fully saturated rings. The van der Waals surface area contributed by atoms with Crippen LogP contribution in [0.4, 0.5) is 4.79 Å². The van der Waals surface area contributed by atoms with Crippen molar-refractivity contribution in [1.29, 1.82) is 0 Å². The number of rotatable bonds is 17. The maximum atomic E-state index is 13.6. The number of carbonyl (C=O) groups excluding carboxylic acids is 4. The summed E-state index contributed by atoms with van der Waals surface area (Å²) in [5.74, 6) is -0.877. The largest absolute Gasteiger partial charge is 0.488 e. The van der Waals surface area contributed by atoms with E-state index >= 15 is 0 Å². The van der Waals surface area contributed by atoms with E-state index in [0.29, 0.717) is 25.0 Å². The number of alkyl carbamates (subject to hydrolysis) is 1. The Bertz CT molecular complexity index is 1010. The van der Waals surface area contributed by atoms with Crippen LogP contribution >= 0.6 is 0 Å². The molecule has 3 atom stereocenters. The number of methoxy groups -OCH3 is 1. The summed E-state index contributed by atoms with van der Waals surface area (Å²) in [5, 5.41) is 8.31. The minimum atomic E-state index is -1.02. The summed E-state index contributed by atoms with van der Waals surface area (Å²) in [5.41, 5.74) is -0.322. The predicted molar refractivity (Wildman–Crippen MR) is 168 cm³/mol. The number of hydrogen-bond acceptors (Lipinski definition) is 7. The van der Waals surface area contributed by atoms with E-state index in [0.717, 1.165) is 37.7 Å². The van der Waals surface area contributed by atoms with Gasteiger partial charge in [-0.2, -0.15) is 0 Å². The van der Waals surface area contributed by atoms with Crippen molar-refractivity contribution in [2.75, 3.05) is 7.11 Å². The normalized spacial score (nSPS) is 13.7. The SMILES string of the molecule is CCCCC[C@H](NC(=O)OC(C)(C)C)C(=O)NC(Cc1ccc(OC(C)(C)C)cc1)C(=O)N[C@@H](CCCCC)C(=O)OC. The molecule has 1 aromatic rings. The fourth-order valence-electron chi connectivity index (χ4n) is 4.34. The van der Waals surface area contributed by atoms with Crippen LogP contribution < -0.4 is 20.7 Å². The van der Waals surface area contributed by atoms with Gasteiger partial charge in [0.1, 0.15) is 35.1 Å². The van der Waals surface area contributed by atoms with Gasteiger partial charge in [-0.05, 0) is 72.1 Å². The van der Waals surface area contributed by atoms with E-state index < -0.39 is 47.6 Å². The van der Waals surface area contributed by atoms with Crippen LogP contribution in [0.1, 0.15) is 112 Å². The van der Waals surface area contributed by atoms with E-state index in [1.807, 2.05) is 52.0 Å². The van der Waals surface area contributed by atoms with Crippen LogP contribution in [0.25, 0.3) is 0 Å². The van der Waals surface area contributed by atoms with Gasteiger partial charge in [0.15, 0.2) is 0 Å². The third-order valence-corrected chi connectivity index (χ3v) is 6.42. The van der Waals surface area contributed by atoms with Gasteiger partial charge < -0.3 is 30.2 Å². The average molecular weight is 606 g/mol. The molecule has 0 bridgehead atoms. The molecule has 0 aromatic heterocycles. The molecule has 1 aromatic carbocycles. The summed E-state index contributed by atoms with van der Waals surface area (Å²) < 4.78 is 16.2. The van der Waals surface area contributed by atoms with E-state index in [1.54, 1.807) is 20.8 Å². The van der Waals surface area contributed by atoms with Crippen LogP contribution in [0.15, 0.2) is 24.3 Å². The fraction of sp³-hybridized carbons (Fsp3) is 0.697. The lowest BCUT2D eigenvalue weighted by Gasteiger charge is -2.26. The molecular formula is C33H55N3O7.